The van der Waals surface area contributed by atoms with Gasteiger partial charge in [-0.05, 0) is 15.9 Å². The summed E-state index contributed by atoms with van der Waals surface area (Å²) < 4.78 is 39.8. The smallest absolute Gasteiger partial charge is 0.311 e. The molecule has 0 aromatic rings. The molecule has 0 fully saturated rings. The molecule has 0 aliphatic heterocycles. The zero-order chi connectivity index (χ0) is 7.49. The summed E-state index contributed by atoms with van der Waals surface area (Å²) in [5.74, 6) is -3.42. The lowest BCUT2D eigenvalue weighted by Gasteiger charge is -2.14. The van der Waals surface area contributed by atoms with E-state index in [9.17, 15) is 13.2 Å². The van der Waals surface area contributed by atoms with Gasteiger partial charge in [-0.15, -0.1) is 0 Å². The monoisotopic (exact) mass is 206 g/mol. The Morgan fingerprint density at radius 1 is 1.67 bits per heavy atom. The van der Waals surface area contributed by atoms with Crippen LogP contribution in [-0.4, -0.2) is 24.7 Å². The average Bonchev–Trinajstić information content (AvgIpc) is 1.65. The van der Waals surface area contributed by atoms with Crippen LogP contribution in [0.5, 0.6) is 0 Å². The van der Waals surface area contributed by atoms with E-state index < -0.39 is 17.6 Å². The molecule has 0 aromatic heterocycles. The minimum atomic E-state index is -3.42. The minimum absolute atomic E-state index is 0.903. The highest BCUT2D eigenvalue weighted by Gasteiger charge is 2.38. The molecule has 0 aliphatic carbocycles. The summed E-state index contributed by atoms with van der Waals surface area (Å²) >= 11 is 2.10. The lowest BCUT2D eigenvalue weighted by atomic mass is 10.4. The van der Waals surface area contributed by atoms with Crippen LogP contribution in [0.3, 0.4) is 0 Å². The number of hydrogen-bond acceptors (Lipinski definition) is 1. The Balaban J connectivity index is 3.70. The number of methoxy groups -OCH3 is 1. The van der Waals surface area contributed by atoms with E-state index in [4.69, 9.17) is 0 Å². The van der Waals surface area contributed by atoms with Crippen molar-refractivity contribution in [3.63, 3.8) is 0 Å². The summed E-state index contributed by atoms with van der Waals surface area (Å²) in [6.45, 7) is -0.903. The maximum absolute atomic E-state index is 12.0. The predicted octanol–water partition coefficient (Wildman–Crippen LogP) is 1.96. The normalized spacial score (nSPS) is 15.7. The van der Waals surface area contributed by atoms with Gasteiger partial charge in [0.05, 0.1) is 0 Å². The number of halogens is 4. The fraction of sp³-hybridized carbons (Fsp3) is 1.00. The first-order chi connectivity index (χ1) is 4.00. The first-order valence-corrected chi connectivity index (χ1v) is 3.07. The summed E-state index contributed by atoms with van der Waals surface area (Å²) in [4.78, 5) is 0. The third kappa shape index (κ3) is 3.05. The molecule has 0 aromatic carbocycles. The van der Waals surface area contributed by atoms with Crippen molar-refractivity contribution in [3.8, 4) is 0 Å². The molecule has 0 aliphatic rings. The first kappa shape index (κ1) is 9.23. The molecule has 5 heteroatoms. The summed E-state index contributed by atoms with van der Waals surface area (Å²) in [5, 5.41) is -2.33. The summed E-state index contributed by atoms with van der Waals surface area (Å²) in [6, 6.07) is 0. The van der Waals surface area contributed by atoms with E-state index in [1.807, 2.05) is 0 Å². The van der Waals surface area contributed by atoms with Crippen molar-refractivity contribution in [1.82, 2.24) is 0 Å². The predicted molar refractivity (Wildman–Crippen MR) is 30.6 cm³/mol. The lowest BCUT2D eigenvalue weighted by molar-refractivity contribution is -0.0878. The Bertz CT molecular complexity index is 85.9. The van der Waals surface area contributed by atoms with Gasteiger partial charge in [-0.1, -0.05) is 0 Å². The molecule has 1 atom stereocenters. The van der Waals surface area contributed by atoms with Gasteiger partial charge in [0.15, 0.2) is 0 Å². The van der Waals surface area contributed by atoms with Crippen LogP contribution in [0.25, 0.3) is 0 Å². The molecule has 0 rings (SSSR count). The molecule has 1 nitrogen and oxygen atoms in total. The van der Waals surface area contributed by atoms with Crippen molar-refractivity contribution in [3.05, 3.63) is 0 Å². The van der Waals surface area contributed by atoms with Crippen LogP contribution in [-0.2, 0) is 4.74 Å². The quantitative estimate of drug-likeness (QED) is 0.642. The molecular formula is C4H6BrF3O. The Morgan fingerprint density at radius 2 is 2.11 bits per heavy atom. The molecule has 0 radical (unpaired) electrons. The van der Waals surface area contributed by atoms with Gasteiger partial charge >= 0.3 is 5.92 Å². The molecule has 0 heterocycles. The number of hydrogen-bond donors (Lipinski definition) is 0. The zero-order valence-electron chi connectivity index (χ0n) is 4.70. The first-order valence-electron chi connectivity index (χ1n) is 2.15. The summed E-state index contributed by atoms with van der Waals surface area (Å²) in [5.41, 5.74) is 0. The van der Waals surface area contributed by atoms with Crippen molar-refractivity contribution < 1.29 is 17.9 Å². The summed E-state index contributed by atoms with van der Waals surface area (Å²) in [6.07, 6.45) is 0. The standard InChI is InChI=1S/C4H6BrF3O/c1-9-2-4(7,8)3(5)6/h3H,2H2,1H3. The highest BCUT2D eigenvalue weighted by molar-refractivity contribution is 9.09. The van der Waals surface area contributed by atoms with Gasteiger partial charge < -0.3 is 4.74 Å². The van der Waals surface area contributed by atoms with E-state index in [1.165, 1.54) is 0 Å². The third-order valence-electron chi connectivity index (χ3n) is 0.656. The third-order valence-corrected chi connectivity index (χ3v) is 1.33. The van der Waals surface area contributed by atoms with Crippen LogP contribution >= 0.6 is 15.9 Å². The number of ether oxygens (including phenoxy) is 1. The Kier molecular flexibility index (Phi) is 3.50. The number of rotatable bonds is 3. The van der Waals surface area contributed by atoms with Crippen LogP contribution in [0, 0.1) is 0 Å². The van der Waals surface area contributed by atoms with E-state index in [0.29, 0.717) is 0 Å². The maximum atomic E-state index is 12.0. The van der Waals surface area contributed by atoms with E-state index in [2.05, 4.69) is 20.7 Å². The second-order valence-electron chi connectivity index (χ2n) is 1.49. The van der Waals surface area contributed by atoms with Crippen molar-refractivity contribution in [2.24, 2.45) is 0 Å². The fourth-order valence-electron chi connectivity index (χ4n) is 0.255. The molecule has 9 heavy (non-hydrogen) atoms. The Morgan fingerprint density at radius 3 is 2.22 bits per heavy atom. The van der Waals surface area contributed by atoms with Crippen molar-refractivity contribution in [1.29, 1.82) is 0 Å². The highest BCUT2D eigenvalue weighted by atomic mass is 79.9. The van der Waals surface area contributed by atoms with Gasteiger partial charge in [0.2, 0.25) is 5.08 Å². The van der Waals surface area contributed by atoms with Crippen LogP contribution in [0.1, 0.15) is 0 Å². The largest absolute Gasteiger partial charge is 0.378 e. The van der Waals surface area contributed by atoms with Gasteiger partial charge in [0.25, 0.3) is 0 Å². The van der Waals surface area contributed by atoms with E-state index >= 15 is 0 Å². The maximum Gasteiger partial charge on any atom is 0.311 e. The van der Waals surface area contributed by atoms with E-state index in [1.54, 1.807) is 0 Å². The molecule has 0 saturated heterocycles. The highest BCUT2D eigenvalue weighted by Crippen LogP contribution is 2.25. The SMILES string of the molecule is COCC(F)(F)C(F)Br. The van der Waals surface area contributed by atoms with Gasteiger partial charge in [0, 0.05) is 7.11 Å². The number of alkyl halides is 4. The molecule has 0 amide bonds. The summed E-state index contributed by atoms with van der Waals surface area (Å²) in [7, 11) is 1.09. The molecule has 0 N–H and O–H groups in total. The average molecular weight is 207 g/mol. The van der Waals surface area contributed by atoms with Gasteiger partial charge in [0.1, 0.15) is 6.61 Å². The Labute approximate surface area is 59.3 Å². The molecule has 1 unspecified atom stereocenters. The van der Waals surface area contributed by atoms with Crippen molar-refractivity contribution >= 4 is 15.9 Å². The molecule has 0 saturated carbocycles. The lowest BCUT2D eigenvalue weighted by Crippen LogP contribution is -2.30. The minimum Gasteiger partial charge on any atom is -0.378 e. The second kappa shape index (κ2) is 3.41. The zero-order valence-corrected chi connectivity index (χ0v) is 6.29. The van der Waals surface area contributed by atoms with Crippen LogP contribution < -0.4 is 0 Å². The molecule has 56 valence electrons. The van der Waals surface area contributed by atoms with Crippen LogP contribution in [0.15, 0.2) is 0 Å². The van der Waals surface area contributed by atoms with E-state index in [0.717, 1.165) is 7.11 Å². The van der Waals surface area contributed by atoms with Gasteiger partial charge in [-0.3, -0.25) is 0 Å². The fourth-order valence-corrected chi connectivity index (χ4v) is 0.388. The van der Waals surface area contributed by atoms with Gasteiger partial charge in [-0.25, -0.2) is 4.39 Å². The van der Waals surface area contributed by atoms with Crippen LogP contribution in [0.4, 0.5) is 13.2 Å². The van der Waals surface area contributed by atoms with Crippen molar-refractivity contribution in [2.45, 2.75) is 11.0 Å². The van der Waals surface area contributed by atoms with Crippen LogP contribution in [0.2, 0.25) is 0 Å². The molecule has 0 spiro atoms. The molecular weight excluding hydrogens is 201 g/mol. The topological polar surface area (TPSA) is 9.23 Å². The van der Waals surface area contributed by atoms with Crippen molar-refractivity contribution in [2.75, 3.05) is 13.7 Å². The Hall–Kier alpha value is 0.230. The van der Waals surface area contributed by atoms with Gasteiger partial charge in [-0.2, -0.15) is 8.78 Å². The second-order valence-corrected chi connectivity index (χ2v) is 2.30. The molecule has 0 bridgehead atoms. The van der Waals surface area contributed by atoms with E-state index in [-0.39, 0.29) is 0 Å².